The highest BCUT2D eigenvalue weighted by atomic mass is 16.5. The Morgan fingerprint density at radius 2 is 1.72 bits per heavy atom. The van der Waals surface area contributed by atoms with Crippen LogP contribution in [0.4, 0.5) is 0 Å². The van der Waals surface area contributed by atoms with Crippen LogP contribution in [0.1, 0.15) is 18.4 Å². The van der Waals surface area contributed by atoms with Crippen molar-refractivity contribution >= 4 is 17.4 Å². The van der Waals surface area contributed by atoms with Gasteiger partial charge in [-0.15, -0.1) is 0 Å². The summed E-state index contributed by atoms with van der Waals surface area (Å²) in [4.78, 5) is 26.2. The van der Waals surface area contributed by atoms with Crippen LogP contribution in [0.25, 0.3) is 5.76 Å². The molecule has 0 aromatic heterocycles. The fraction of sp³-hybridized carbons (Fsp3) is 0.200. The van der Waals surface area contributed by atoms with Gasteiger partial charge in [0.1, 0.15) is 22.8 Å². The molecular formula is C20H17NO4. The maximum absolute atomic E-state index is 12.4. The third kappa shape index (κ3) is 3.01. The van der Waals surface area contributed by atoms with Gasteiger partial charge in [-0.3, -0.25) is 9.59 Å². The Kier molecular flexibility index (Phi) is 3.76. The molecule has 2 aromatic rings. The molecule has 2 fully saturated rings. The minimum absolute atomic E-state index is 0.0586. The van der Waals surface area contributed by atoms with E-state index in [0.717, 1.165) is 12.8 Å². The molecule has 0 bridgehead atoms. The van der Waals surface area contributed by atoms with Gasteiger partial charge in [-0.25, -0.2) is 0 Å². The lowest BCUT2D eigenvalue weighted by Gasteiger charge is -2.12. The fourth-order valence-electron chi connectivity index (χ4n) is 2.96. The van der Waals surface area contributed by atoms with E-state index >= 15 is 0 Å². The minimum atomic E-state index is -0.376. The Hall–Kier alpha value is -3.08. The monoisotopic (exact) mass is 335 g/mol. The molecular weight excluding hydrogens is 318 g/mol. The normalized spacial score (nSPS) is 19.3. The van der Waals surface area contributed by atoms with Crippen molar-refractivity contribution < 1.29 is 19.4 Å². The summed E-state index contributed by atoms with van der Waals surface area (Å²) >= 11 is 0. The molecule has 2 aliphatic rings. The van der Waals surface area contributed by atoms with E-state index in [1.807, 2.05) is 30.3 Å². The summed E-state index contributed by atoms with van der Waals surface area (Å²) in [7, 11) is 0. The highest BCUT2D eigenvalue weighted by Crippen LogP contribution is 2.34. The molecule has 1 aliphatic carbocycles. The van der Waals surface area contributed by atoms with Crippen molar-refractivity contribution in [3.8, 4) is 11.5 Å². The number of benzene rings is 2. The first-order chi connectivity index (χ1) is 12.1. The van der Waals surface area contributed by atoms with Crippen molar-refractivity contribution in [1.29, 1.82) is 0 Å². The summed E-state index contributed by atoms with van der Waals surface area (Å²) in [5.74, 6) is 0.201. The molecule has 4 rings (SSSR count). The Labute approximate surface area is 145 Å². The summed E-state index contributed by atoms with van der Waals surface area (Å²) in [6.07, 6.45) is 1.85. The van der Waals surface area contributed by atoms with Gasteiger partial charge >= 0.3 is 0 Å². The van der Waals surface area contributed by atoms with E-state index in [2.05, 4.69) is 0 Å². The average molecular weight is 335 g/mol. The van der Waals surface area contributed by atoms with Crippen LogP contribution in [0.3, 0.4) is 0 Å². The highest BCUT2D eigenvalue weighted by molar-refractivity contribution is 6.28. The summed E-state index contributed by atoms with van der Waals surface area (Å²) in [5, 5.41) is 10.5. The van der Waals surface area contributed by atoms with Crippen LogP contribution in [-0.2, 0) is 9.59 Å². The molecule has 126 valence electrons. The topological polar surface area (TPSA) is 66.8 Å². The molecule has 0 spiro atoms. The molecule has 1 saturated heterocycles. The second-order valence-electron chi connectivity index (χ2n) is 6.25. The number of hydrogen-bond donors (Lipinski definition) is 1. The van der Waals surface area contributed by atoms with E-state index in [0.29, 0.717) is 17.1 Å². The molecule has 1 amide bonds. The molecule has 5 nitrogen and oxygen atoms in total. The van der Waals surface area contributed by atoms with Gasteiger partial charge in [-0.2, -0.15) is 0 Å². The van der Waals surface area contributed by atoms with E-state index < -0.39 is 0 Å². The van der Waals surface area contributed by atoms with Gasteiger partial charge in [0.15, 0.2) is 5.78 Å². The van der Waals surface area contributed by atoms with Crippen molar-refractivity contribution in [2.24, 2.45) is 0 Å². The predicted molar refractivity (Wildman–Crippen MR) is 92.2 cm³/mol. The van der Waals surface area contributed by atoms with Gasteiger partial charge < -0.3 is 14.7 Å². The van der Waals surface area contributed by atoms with Crippen molar-refractivity contribution in [1.82, 2.24) is 4.90 Å². The second-order valence-corrected chi connectivity index (χ2v) is 6.25. The molecule has 0 unspecified atom stereocenters. The third-order valence-electron chi connectivity index (χ3n) is 4.38. The second kappa shape index (κ2) is 6.09. The van der Waals surface area contributed by atoms with Crippen LogP contribution in [0, 0.1) is 0 Å². The lowest BCUT2D eigenvalue weighted by Crippen LogP contribution is -2.27. The average Bonchev–Trinajstić information content (AvgIpc) is 3.41. The van der Waals surface area contributed by atoms with Crippen LogP contribution in [0.15, 0.2) is 60.2 Å². The first-order valence-electron chi connectivity index (χ1n) is 8.24. The molecule has 5 heteroatoms. The smallest absolute Gasteiger partial charge is 0.262 e. The van der Waals surface area contributed by atoms with E-state index in [1.54, 1.807) is 29.2 Å². The number of hydrogen-bond acceptors (Lipinski definition) is 4. The Balaban J connectivity index is 1.64. The zero-order valence-electron chi connectivity index (χ0n) is 13.5. The van der Waals surface area contributed by atoms with E-state index in [1.165, 1.54) is 0 Å². The van der Waals surface area contributed by atoms with Crippen LogP contribution in [0.5, 0.6) is 11.5 Å². The van der Waals surface area contributed by atoms with Gasteiger partial charge in [0.05, 0.1) is 6.54 Å². The van der Waals surface area contributed by atoms with Gasteiger partial charge in [0.25, 0.3) is 5.91 Å². The zero-order chi connectivity index (χ0) is 17.4. The van der Waals surface area contributed by atoms with Crippen LogP contribution >= 0.6 is 0 Å². The van der Waals surface area contributed by atoms with Crippen molar-refractivity contribution in [2.75, 3.05) is 6.54 Å². The van der Waals surface area contributed by atoms with Crippen molar-refractivity contribution in [2.45, 2.75) is 18.9 Å². The van der Waals surface area contributed by atoms with Crippen LogP contribution < -0.4 is 4.74 Å². The first-order valence-corrected chi connectivity index (χ1v) is 8.24. The summed E-state index contributed by atoms with van der Waals surface area (Å²) < 4.78 is 5.74. The number of Topliss-reactive ketones (excluding diaryl/α,β-unsaturated/α-hetero) is 1. The number of para-hydroxylation sites is 1. The van der Waals surface area contributed by atoms with Crippen LogP contribution in [0.2, 0.25) is 0 Å². The number of amides is 1. The number of nitrogens with zero attached hydrogens (tertiary/aromatic N) is 1. The standard InChI is InChI=1S/C20H17NO4/c22-17-12-21(14-9-10-14)20(24)18(17)19(23)13-5-4-8-16(11-13)25-15-6-2-1-3-7-15/h1-8,11,14,23H,9-10,12H2/b19-18+. The molecule has 1 heterocycles. The molecule has 1 saturated carbocycles. The number of likely N-dealkylation sites (tertiary alicyclic amines) is 1. The molecule has 0 radical (unpaired) electrons. The molecule has 1 aliphatic heterocycles. The molecule has 0 atom stereocenters. The zero-order valence-corrected chi connectivity index (χ0v) is 13.5. The Bertz CT molecular complexity index is 868. The number of aliphatic hydroxyl groups is 1. The van der Waals surface area contributed by atoms with Crippen molar-refractivity contribution in [3.05, 3.63) is 65.7 Å². The number of ether oxygens (including phenoxy) is 1. The van der Waals surface area contributed by atoms with E-state index in [-0.39, 0.29) is 35.6 Å². The Morgan fingerprint density at radius 3 is 2.44 bits per heavy atom. The first kappa shape index (κ1) is 15.4. The highest BCUT2D eigenvalue weighted by Gasteiger charge is 2.43. The van der Waals surface area contributed by atoms with Crippen LogP contribution in [-0.4, -0.2) is 34.3 Å². The summed E-state index contributed by atoms with van der Waals surface area (Å²) in [6.45, 7) is 0.0586. The number of aliphatic hydroxyl groups excluding tert-OH is 1. The predicted octanol–water partition coefficient (Wildman–Crippen LogP) is 3.32. The number of carbonyl (C=O) groups excluding carboxylic acids is 2. The lowest BCUT2D eigenvalue weighted by molar-refractivity contribution is -0.125. The van der Waals surface area contributed by atoms with Gasteiger partial charge in [0, 0.05) is 11.6 Å². The molecule has 1 N–H and O–H groups in total. The number of ketones is 1. The van der Waals surface area contributed by atoms with Gasteiger partial charge in [-0.1, -0.05) is 30.3 Å². The fourth-order valence-corrected chi connectivity index (χ4v) is 2.96. The summed E-state index contributed by atoms with van der Waals surface area (Å²) in [5.41, 5.74) is 0.270. The van der Waals surface area contributed by atoms with Gasteiger partial charge in [0.2, 0.25) is 0 Å². The van der Waals surface area contributed by atoms with Crippen molar-refractivity contribution in [3.63, 3.8) is 0 Å². The Morgan fingerprint density at radius 1 is 1.00 bits per heavy atom. The third-order valence-corrected chi connectivity index (χ3v) is 4.38. The SMILES string of the molecule is O=C1CN(C2CC2)C(=O)/C1=C(/O)c1cccc(Oc2ccccc2)c1. The largest absolute Gasteiger partial charge is 0.506 e. The number of carbonyl (C=O) groups is 2. The van der Waals surface area contributed by atoms with E-state index in [9.17, 15) is 14.7 Å². The summed E-state index contributed by atoms with van der Waals surface area (Å²) in [6, 6.07) is 16.1. The maximum atomic E-state index is 12.4. The van der Waals surface area contributed by atoms with E-state index in [4.69, 9.17) is 4.74 Å². The minimum Gasteiger partial charge on any atom is -0.506 e. The quantitative estimate of drug-likeness (QED) is 0.529. The van der Waals surface area contributed by atoms with Gasteiger partial charge in [-0.05, 0) is 37.1 Å². The molecule has 25 heavy (non-hydrogen) atoms. The maximum Gasteiger partial charge on any atom is 0.262 e. The molecule has 2 aromatic carbocycles. The lowest BCUT2D eigenvalue weighted by atomic mass is 10.1. The number of rotatable bonds is 4.